The summed E-state index contributed by atoms with van der Waals surface area (Å²) < 4.78 is 10.4. The van der Waals surface area contributed by atoms with Gasteiger partial charge in [-0.3, -0.25) is 9.69 Å². The number of hydrogen-bond acceptors (Lipinski definition) is 5. The number of amides is 2. The minimum atomic E-state index is -0.842. The van der Waals surface area contributed by atoms with E-state index in [4.69, 9.17) is 9.47 Å². The number of carbonyl (C=O) groups excluding carboxylic acids is 3. The van der Waals surface area contributed by atoms with E-state index in [-0.39, 0.29) is 12.5 Å². The first-order valence-corrected chi connectivity index (χ1v) is 8.51. The zero-order valence-electron chi connectivity index (χ0n) is 15.7. The first kappa shape index (κ1) is 21.0. The summed E-state index contributed by atoms with van der Waals surface area (Å²) in [4.78, 5) is 38.4. The molecule has 0 bridgehead atoms. The van der Waals surface area contributed by atoms with Gasteiger partial charge in [0, 0.05) is 12.5 Å². The van der Waals surface area contributed by atoms with Crippen molar-refractivity contribution in [2.45, 2.75) is 58.7 Å². The van der Waals surface area contributed by atoms with Crippen LogP contribution in [0.15, 0.2) is 12.7 Å². The minimum Gasteiger partial charge on any atom is -0.464 e. The molecule has 1 fully saturated rings. The summed E-state index contributed by atoms with van der Waals surface area (Å²) >= 11 is 0. The van der Waals surface area contributed by atoms with Crippen LogP contribution in [-0.4, -0.2) is 53.7 Å². The van der Waals surface area contributed by atoms with Gasteiger partial charge in [0.15, 0.2) is 0 Å². The Morgan fingerprint density at radius 3 is 2.56 bits per heavy atom. The Morgan fingerprint density at radius 2 is 2.04 bits per heavy atom. The summed E-state index contributed by atoms with van der Waals surface area (Å²) in [5.41, 5.74) is -0.647. The number of likely N-dealkylation sites (tertiary alicyclic amines) is 1. The molecule has 1 rings (SSSR count). The molecule has 0 spiro atoms. The maximum atomic E-state index is 12.6. The molecule has 2 amide bonds. The first-order valence-electron chi connectivity index (χ1n) is 8.51. The van der Waals surface area contributed by atoms with E-state index in [2.05, 4.69) is 11.9 Å². The number of ether oxygens (including phenoxy) is 2. The smallest absolute Gasteiger partial charge is 0.410 e. The molecule has 0 saturated carbocycles. The molecule has 1 saturated heterocycles. The van der Waals surface area contributed by atoms with Gasteiger partial charge in [-0.05, 0) is 40.5 Å². The molecular weight excluding hydrogens is 324 g/mol. The summed E-state index contributed by atoms with van der Waals surface area (Å²) in [5.74, 6) is -1.23. The van der Waals surface area contributed by atoms with Gasteiger partial charge in [0.1, 0.15) is 17.7 Å². The van der Waals surface area contributed by atoms with Crippen LogP contribution in [0.3, 0.4) is 0 Å². The van der Waals surface area contributed by atoms with Crippen molar-refractivity contribution in [3.05, 3.63) is 19.1 Å². The minimum absolute atomic E-state index is 0.219. The molecule has 1 heterocycles. The van der Waals surface area contributed by atoms with E-state index in [9.17, 15) is 14.4 Å². The highest BCUT2D eigenvalue weighted by Gasteiger charge is 2.38. The van der Waals surface area contributed by atoms with Crippen LogP contribution in [0, 0.1) is 12.3 Å². The normalized spacial score (nSPS) is 19.7. The number of esters is 1. The van der Waals surface area contributed by atoms with Crippen LogP contribution in [0.25, 0.3) is 0 Å². The summed E-state index contributed by atoms with van der Waals surface area (Å²) in [6, 6.07) is -1.55. The quantitative estimate of drug-likeness (QED) is 0.584. The number of nitrogens with zero attached hydrogens (tertiary/aromatic N) is 1. The van der Waals surface area contributed by atoms with Crippen LogP contribution in [0.4, 0.5) is 4.79 Å². The highest BCUT2D eigenvalue weighted by Crippen LogP contribution is 2.21. The predicted molar refractivity (Wildman–Crippen MR) is 93.6 cm³/mol. The van der Waals surface area contributed by atoms with Crippen molar-refractivity contribution in [1.29, 1.82) is 0 Å². The highest BCUT2D eigenvalue weighted by molar-refractivity contribution is 5.90. The van der Waals surface area contributed by atoms with Crippen LogP contribution >= 0.6 is 0 Å². The van der Waals surface area contributed by atoms with Crippen LogP contribution in [0.5, 0.6) is 0 Å². The number of carbonyl (C=O) groups is 3. The second-order valence-electron chi connectivity index (χ2n) is 7.01. The fraction of sp³-hybridized carbons (Fsp3) is 0.667. The number of rotatable bonds is 6. The molecule has 0 aliphatic carbocycles. The van der Waals surface area contributed by atoms with E-state index in [1.165, 1.54) is 4.90 Å². The second kappa shape index (κ2) is 8.87. The van der Waals surface area contributed by atoms with Crippen molar-refractivity contribution in [2.75, 3.05) is 13.2 Å². The molecule has 7 heteroatoms. The molecule has 25 heavy (non-hydrogen) atoms. The van der Waals surface area contributed by atoms with Gasteiger partial charge in [-0.1, -0.05) is 13.0 Å². The SMILES string of the molecule is C=C[C@H](C)[C@@H](NC(=O)[C@@H]1C[CH]CN1C(=O)OC(C)(C)C)C(=O)OCC. The molecule has 7 nitrogen and oxygen atoms in total. The van der Waals surface area contributed by atoms with Gasteiger partial charge in [-0.2, -0.15) is 0 Å². The van der Waals surface area contributed by atoms with E-state index < -0.39 is 35.7 Å². The van der Waals surface area contributed by atoms with Gasteiger partial charge in [-0.25, -0.2) is 9.59 Å². The van der Waals surface area contributed by atoms with Gasteiger partial charge in [0.05, 0.1) is 6.61 Å². The van der Waals surface area contributed by atoms with Gasteiger partial charge < -0.3 is 14.8 Å². The molecule has 1 N–H and O–H groups in total. The van der Waals surface area contributed by atoms with Crippen molar-refractivity contribution in [3.63, 3.8) is 0 Å². The summed E-state index contributed by atoms with van der Waals surface area (Å²) in [6.07, 6.45) is 3.27. The maximum Gasteiger partial charge on any atom is 0.410 e. The van der Waals surface area contributed by atoms with Crippen LogP contribution in [-0.2, 0) is 19.1 Å². The molecule has 1 radical (unpaired) electrons. The summed E-state index contributed by atoms with van der Waals surface area (Å²) in [5, 5.41) is 2.69. The molecule has 3 atom stereocenters. The third-order valence-electron chi connectivity index (χ3n) is 3.76. The molecular formula is C18H29N2O5. The monoisotopic (exact) mass is 353 g/mol. The lowest BCUT2D eigenvalue weighted by molar-refractivity contribution is -0.148. The lowest BCUT2D eigenvalue weighted by Crippen LogP contribution is -2.53. The Kier molecular flexibility index (Phi) is 7.45. The van der Waals surface area contributed by atoms with E-state index >= 15 is 0 Å². The molecule has 0 unspecified atom stereocenters. The largest absolute Gasteiger partial charge is 0.464 e. The number of hydrogen-bond donors (Lipinski definition) is 1. The maximum absolute atomic E-state index is 12.6. The van der Waals surface area contributed by atoms with Crippen molar-refractivity contribution in [3.8, 4) is 0 Å². The standard InChI is InChI=1S/C18H29N2O5/c1-7-12(3)14(16(22)24-8-2)19-15(21)13-10-9-11-20(13)17(23)25-18(4,5)6/h7,9,12-14H,1,8,10-11H2,2-6H3,(H,19,21)/t12-,13-,14+/m0/s1. The van der Waals surface area contributed by atoms with Crippen molar-refractivity contribution in [2.24, 2.45) is 5.92 Å². The predicted octanol–water partition coefficient (Wildman–Crippen LogP) is 2.07. The molecule has 141 valence electrons. The fourth-order valence-corrected chi connectivity index (χ4v) is 2.42. The van der Waals surface area contributed by atoms with Crippen LogP contribution in [0.2, 0.25) is 0 Å². The Balaban J connectivity index is 2.83. The van der Waals surface area contributed by atoms with Gasteiger partial charge in [0.2, 0.25) is 5.91 Å². The Hall–Kier alpha value is -2.05. The molecule has 0 aromatic carbocycles. The average molecular weight is 353 g/mol. The number of nitrogens with one attached hydrogen (secondary N) is 1. The molecule has 0 aromatic heterocycles. The topological polar surface area (TPSA) is 84.9 Å². The third kappa shape index (κ3) is 6.07. The van der Waals surface area contributed by atoms with Crippen LogP contribution in [0.1, 0.15) is 41.0 Å². The van der Waals surface area contributed by atoms with Crippen molar-refractivity contribution < 1.29 is 23.9 Å². The van der Waals surface area contributed by atoms with Gasteiger partial charge in [-0.15, -0.1) is 6.58 Å². The highest BCUT2D eigenvalue weighted by atomic mass is 16.6. The first-order chi connectivity index (χ1) is 11.6. The van der Waals surface area contributed by atoms with Crippen molar-refractivity contribution >= 4 is 18.0 Å². The van der Waals surface area contributed by atoms with Crippen LogP contribution < -0.4 is 5.32 Å². The van der Waals surface area contributed by atoms with E-state index in [1.54, 1.807) is 40.7 Å². The lowest BCUT2D eigenvalue weighted by Gasteiger charge is -2.29. The van der Waals surface area contributed by atoms with Crippen molar-refractivity contribution in [1.82, 2.24) is 10.2 Å². The zero-order chi connectivity index (χ0) is 19.2. The summed E-state index contributed by atoms with van der Waals surface area (Å²) in [6.45, 7) is 13.0. The van der Waals surface area contributed by atoms with E-state index in [0.717, 1.165) is 0 Å². The zero-order valence-corrected chi connectivity index (χ0v) is 15.7. The van der Waals surface area contributed by atoms with Gasteiger partial charge in [0.25, 0.3) is 0 Å². The van der Waals surface area contributed by atoms with E-state index in [1.807, 2.05) is 6.42 Å². The summed E-state index contributed by atoms with van der Waals surface area (Å²) in [7, 11) is 0. The Morgan fingerprint density at radius 1 is 1.40 bits per heavy atom. The lowest BCUT2D eigenvalue weighted by atomic mass is 10.0. The van der Waals surface area contributed by atoms with E-state index in [0.29, 0.717) is 13.0 Å². The third-order valence-corrected chi connectivity index (χ3v) is 3.76. The molecule has 1 aliphatic heterocycles. The molecule has 1 aliphatic rings. The molecule has 0 aromatic rings. The Bertz CT molecular complexity index is 512. The average Bonchev–Trinajstić information content (AvgIpc) is 3.00. The second-order valence-corrected chi connectivity index (χ2v) is 7.01. The Labute approximate surface area is 149 Å². The fourth-order valence-electron chi connectivity index (χ4n) is 2.42. The van der Waals surface area contributed by atoms with Gasteiger partial charge >= 0.3 is 12.1 Å².